The highest BCUT2D eigenvalue weighted by Crippen LogP contribution is 2.22. The van der Waals surface area contributed by atoms with E-state index in [9.17, 15) is 0 Å². The van der Waals surface area contributed by atoms with Crippen molar-refractivity contribution in [2.75, 3.05) is 19.6 Å². The fourth-order valence-electron chi connectivity index (χ4n) is 2.64. The second-order valence-corrected chi connectivity index (χ2v) is 6.78. The molecule has 2 rings (SSSR count). The first-order valence-corrected chi connectivity index (χ1v) is 8.10. The maximum atomic E-state index is 3.47. The van der Waals surface area contributed by atoms with Gasteiger partial charge in [-0.1, -0.05) is 13.8 Å². The Bertz CT molecular complexity index is 348. The smallest absolute Gasteiger partial charge is 0.0328 e. The lowest BCUT2D eigenvalue weighted by molar-refractivity contribution is 0.178. The summed E-state index contributed by atoms with van der Waals surface area (Å²) in [4.78, 5) is 5.62. The van der Waals surface area contributed by atoms with Gasteiger partial charge in [0.2, 0.25) is 0 Å². The van der Waals surface area contributed by atoms with E-state index in [1.807, 2.05) is 11.3 Å². The van der Waals surface area contributed by atoms with E-state index in [-0.39, 0.29) is 0 Å². The molecule has 0 aliphatic carbocycles. The Balaban J connectivity index is 1.78. The second kappa shape index (κ2) is 7.27. The molecule has 0 bridgehead atoms. The third-order valence-corrected chi connectivity index (χ3v) is 4.63. The average Bonchev–Trinajstić information content (AvgIpc) is 2.77. The maximum Gasteiger partial charge on any atom is 0.0328 e. The molecule has 0 spiro atoms. The molecule has 0 radical (unpaired) electrons. The van der Waals surface area contributed by atoms with E-state index < -0.39 is 0 Å². The summed E-state index contributed by atoms with van der Waals surface area (Å²) in [6, 6.07) is 4.60. The van der Waals surface area contributed by atoms with Gasteiger partial charge in [0.15, 0.2) is 0 Å². The molecule has 1 N–H and O–H groups in total. The molecular weight excluding hydrogens is 240 g/mol. The molecule has 0 aromatic carbocycles. The van der Waals surface area contributed by atoms with Gasteiger partial charge in [0.25, 0.3) is 0 Å². The van der Waals surface area contributed by atoms with Gasteiger partial charge in [-0.2, -0.15) is 0 Å². The van der Waals surface area contributed by atoms with Crippen molar-refractivity contribution in [3.05, 3.63) is 21.9 Å². The Kier molecular flexibility index (Phi) is 5.67. The van der Waals surface area contributed by atoms with Gasteiger partial charge in [-0.3, -0.25) is 4.90 Å². The molecule has 1 saturated heterocycles. The SMILES string of the molecule is CCCNCc1ccc(CN2CCCC(C)C2)s1. The van der Waals surface area contributed by atoms with Crippen molar-refractivity contribution < 1.29 is 0 Å². The van der Waals surface area contributed by atoms with Crippen molar-refractivity contribution in [2.24, 2.45) is 5.92 Å². The minimum Gasteiger partial charge on any atom is -0.312 e. The lowest BCUT2D eigenvalue weighted by Crippen LogP contribution is -2.33. The molecule has 1 aliphatic rings. The highest BCUT2D eigenvalue weighted by atomic mass is 32.1. The summed E-state index contributed by atoms with van der Waals surface area (Å²) >= 11 is 1.97. The summed E-state index contributed by atoms with van der Waals surface area (Å²) in [5, 5.41) is 3.47. The molecule has 18 heavy (non-hydrogen) atoms. The average molecular weight is 266 g/mol. The number of nitrogens with one attached hydrogen (secondary N) is 1. The molecule has 1 atom stereocenters. The summed E-state index contributed by atoms with van der Waals surface area (Å²) in [5.74, 6) is 0.879. The number of hydrogen-bond acceptors (Lipinski definition) is 3. The quantitative estimate of drug-likeness (QED) is 0.793. The van der Waals surface area contributed by atoms with Crippen LogP contribution in [-0.2, 0) is 13.1 Å². The van der Waals surface area contributed by atoms with Crippen LogP contribution in [0.15, 0.2) is 12.1 Å². The van der Waals surface area contributed by atoms with Gasteiger partial charge < -0.3 is 5.32 Å². The van der Waals surface area contributed by atoms with Crippen molar-refractivity contribution in [2.45, 2.75) is 46.2 Å². The normalized spacial score (nSPS) is 21.3. The van der Waals surface area contributed by atoms with Crippen LogP contribution >= 0.6 is 11.3 Å². The van der Waals surface area contributed by atoms with Crippen LogP contribution < -0.4 is 5.32 Å². The summed E-state index contributed by atoms with van der Waals surface area (Å²) in [6.45, 7) is 10.5. The molecule has 3 heteroatoms. The Hall–Kier alpha value is -0.380. The number of piperidine rings is 1. The molecule has 0 amide bonds. The van der Waals surface area contributed by atoms with Crippen LogP contribution in [0.5, 0.6) is 0 Å². The Labute approximate surface area is 115 Å². The zero-order valence-electron chi connectivity index (χ0n) is 11.7. The third-order valence-electron chi connectivity index (χ3n) is 3.56. The lowest BCUT2D eigenvalue weighted by atomic mass is 10.0. The van der Waals surface area contributed by atoms with Crippen LogP contribution in [0.1, 0.15) is 42.9 Å². The summed E-state index contributed by atoms with van der Waals surface area (Å²) in [7, 11) is 0. The molecule has 0 saturated carbocycles. The van der Waals surface area contributed by atoms with E-state index in [0.29, 0.717) is 0 Å². The van der Waals surface area contributed by atoms with Gasteiger partial charge in [0.1, 0.15) is 0 Å². The zero-order valence-corrected chi connectivity index (χ0v) is 12.6. The molecule has 102 valence electrons. The van der Waals surface area contributed by atoms with Crippen molar-refractivity contribution in [3.8, 4) is 0 Å². The predicted molar refractivity (Wildman–Crippen MR) is 80.0 cm³/mol. The number of hydrogen-bond donors (Lipinski definition) is 1. The van der Waals surface area contributed by atoms with Gasteiger partial charge >= 0.3 is 0 Å². The molecule has 1 fully saturated rings. The fourth-order valence-corrected chi connectivity index (χ4v) is 3.67. The maximum absolute atomic E-state index is 3.47. The minimum absolute atomic E-state index is 0.879. The first-order valence-electron chi connectivity index (χ1n) is 7.28. The van der Waals surface area contributed by atoms with Crippen LogP contribution in [0.25, 0.3) is 0 Å². The van der Waals surface area contributed by atoms with E-state index in [4.69, 9.17) is 0 Å². The molecule has 2 heterocycles. The zero-order chi connectivity index (χ0) is 12.8. The number of likely N-dealkylation sites (tertiary alicyclic amines) is 1. The molecule has 1 aromatic rings. The van der Waals surface area contributed by atoms with Gasteiger partial charge in [0.05, 0.1) is 0 Å². The number of thiophene rings is 1. The van der Waals surface area contributed by atoms with Gasteiger partial charge in [-0.05, 0) is 50.4 Å². The predicted octanol–water partition coefficient (Wildman–Crippen LogP) is 3.48. The van der Waals surface area contributed by atoms with Crippen LogP contribution in [-0.4, -0.2) is 24.5 Å². The van der Waals surface area contributed by atoms with Crippen LogP contribution in [0, 0.1) is 5.92 Å². The Morgan fingerprint density at radius 2 is 2.22 bits per heavy atom. The Morgan fingerprint density at radius 1 is 1.39 bits per heavy atom. The highest BCUT2D eigenvalue weighted by molar-refractivity contribution is 7.11. The van der Waals surface area contributed by atoms with E-state index in [1.54, 1.807) is 0 Å². The van der Waals surface area contributed by atoms with Crippen molar-refractivity contribution in [3.63, 3.8) is 0 Å². The summed E-state index contributed by atoms with van der Waals surface area (Å²) in [6.07, 6.45) is 3.99. The summed E-state index contributed by atoms with van der Waals surface area (Å²) < 4.78 is 0. The van der Waals surface area contributed by atoms with E-state index in [0.717, 1.165) is 25.6 Å². The third kappa shape index (κ3) is 4.38. The Morgan fingerprint density at radius 3 is 3.00 bits per heavy atom. The van der Waals surface area contributed by atoms with Crippen molar-refractivity contribution >= 4 is 11.3 Å². The lowest BCUT2D eigenvalue weighted by Gasteiger charge is -2.30. The first kappa shape index (κ1) is 14.0. The molecular formula is C15H26N2S. The van der Waals surface area contributed by atoms with Crippen molar-refractivity contribution in [1.82, 2.24) is 10.2 Å². The molecule has 1 unspecified atom stereocenters. The molecule has 2 nitrogen and oxygen atoms in total. The number of rotatable bonds is 6. The van der Waals surface area contributed by atoms with Gasteiger partial charge in [-0.25, -0.2) is 0 Å². The molecule has 1 aliphatic heterocycles. The van der Waals surface area contributed by atoms with E-state index >= 15 is 0 Å². The fraction of sp³-hybridized carbons (Fsp3) is 0.733. The van der Waals surface area contributed by atoms with Gasteiger partial charge in [0, 0.05) is 29.4 Å². The van der Waals surface area contributed by atoms with Crippen LogP contribution in [0.2, 0.25) is 0 Å². The second-order valence-electron chi connectivity index (χ2n) is 5.53. The van der Waals surface area contributed by atoms with Crippen molar-refractivity contribution in [1.29, 1.82) is 0 Å². The monoisotopic (exact) mass is 266 g/mol. The van der Waals surface area contributed by atoms with Crippen LogP contribution in [0.4, 0.5) is 0 Å². The largest absolute Gasteiger partial charge is 0.312 e. The highest BCUT2D eigenvalue weighted by Gasteiger charge is 2.16. The van der Waals surface area contributed by atoms with E-state index in [1.165, 1.54) is 42.1 Å². The molecule has 1 aromatic heterocycles. The van der Waals surface area contributed by atoms with E-state index in [2.05, 4.69) is 36.2 Å². The standard InChI is InChI=1S/C15H26N2S/c1-3-8-16-10-14-6-7-15(18-14)12-17-9-4-5-13(2)11-17/h6-7,13,16H,3-5,8-12H2,1-2H3. The number of nitrogens with zero attached hydrogens (tertiary/aromatic N) is 1. The topological polar surface area (TPSA) is 15.3 Å². The first-order chi connectivity index (χ1) is 8.78. The summed E-state index contributed by atoms with van der Waals surface area (Å²) in [5.41, 5.74) is 0. The minimum atomic E-state index is 0.879. The van der Waals surface area contributed by atoms with Crippen LogP contribution in [0.3, 0.4) is 0 Å². The van der Waals surface area contributed by atoms with Gasteiger partial charge in [-0.15, -0.1) is 11.3 Å².